The van der Waals surface area contributed by atoms with E-state index >= 15 is 0 Å². The van der Waals surface area contributed by atoms with Crippen molar-refractivity contribution in [3.63, 3.8) is 0 Å². The molecule has 1 aliphatic heterocycles. The van der Waals surface area contributed by atoms with Crippen molar-refractivity contribution in [2.45, 2.75) is 19.4 Å². The standard InChI is InChI=1S/C11H10BrNO2/c1-11(2)10(14)15-9(13-11)7-3-5-8(12)6-4-7/h3-6H,1-2H3. The molecule has 0 atom stereocenters. The number of hydrogen-bond donors (Lipinski definition) is 0. The van der Waals surface area contributed by atoms with E-state index in [4.69, 9.17) is 4.74 Å². The first kappa shape index (κ1) is 10.4. The minimum atomic E-state index is -0.762. The lowest BCUT2D eigenvalue weighted by Gasteiger charge is -2.05. The fraction of sp³-hybridized carbons (Fsp3) is 0.273. The molecule has 2 rings (SSSR count). The van der Waals surface area contributed by atoms with Gasteiger partial charge in [0.15, 0.2) is 5.54 Å². The lowest BCUT2D eigenvalue weighted by molar-refractivity contribution is -0.137. The van der Waals surface area contributed by atoms with Crippen LogP contribution in [0, 0.1) is 0 Å². The number of aliphatic imine (C=N–C) groups is 1. The van der Waals surface area contributed by atoms with Gasteiger partial charge in [-0.25, -0.2) is 9.79 Å². The van der Waals surface area contributed by atoms with E-state index < -0.39 is 5.54 Å². The normalized spacial score (nSPS) is 18.6. The number of halogens is 1. The molecule has 0 spiro atoms. The molecule has 0 aromatic heterocycles. The average Bonchev–Trinajstić information content (AvgIpc) is 2.42. The minimum Gasteiger partial charge on any atom is -0.405 e. The van der Waals surface area contributed by atoms with Gasteiger partial charge in [-0.2, -0.15) is 0 Å². The number of cyclic esters (lactones) is 1. The van der Waals surface area contributed by atoms with Gasteiger partial charge in [0, 0.05) is 10.0 Å². The molecule has 15 heavy (non-hydrogen) atoms. The number of hydrogen-bond acceptors (Lipinski definition) is 3. The van der Waals surface area contributed by atoms with Crippen LogP contribution in [0.1, 0.15) is 19.4 Å². The first-order valence-corrected chi connectivity index (χ1v) is 5.36. The molecular formula is C11H10BrNO2. The monoisotopic (exact) mass is 267 g/mol. The van der Waals surface area contributed by atoms with E-state index in [-0.39, 0.29) is 5.97 Å². The van der Waals surface area contributed by atoms with E-state index in [9.17, 15) is 4.79 Å². The molecule has 1 heterocycles. The molecular weight excluding hydrogens is 258 g/mol. The van der Waals surface area contributed by atoms with Crippen molar-refractivity contribution in [2.24, 2.45) is 4.99 Å². The summed E-state index contributed by atoms with van der Waals surface area (Å²) in [7, 11) is 0. The molecule has 0 saturated carbocycles. The maximum Gasteiger partial charge on any atom is 0.340 e. The van der Waals surface area contributed by atoms with Crippen LogP contribution in [0.25, 0.3) is 0 Å². The number of benzene rings is 1. The minimum absolute atomic E-state index is 0.305. The molecule has 4 heteroatoms. The molecule has 1 aromatic rings. The van der Waals surface area contributed by atoms with E-state index in [1.807, 2.05) is 24.3 Å². The van der Waals surface area contributed by atoms with Crippen molar-refractivity contribution >= 4 is 27.8 Å². The Balaban J connectivity index is 2.35. The molecule has 0 aliphatic carbocycles. The topological polar surface area (TPSA) is 38.7 Å². The summed E-state index contributed by atoms with van der Waals surface area (Å²) in [5.41, 5.74) is 0.0553. The van der Waals surface area contributed by atoms with Crippen LogP contribution in [0.5, 0.6) is 0 Å². The second kappa shape index (κ2) is 3.45. The Hall–Kier alpha value is -1.16. The van der Waals surface area contributed by atoms with Crippen LogP contribution < -0.4 is 0 Å². The van der Waals surface area contributed by atoms with Crippen molar-refractivity contribution in [3.8, 4) is 0 Å². The van der Waals surface area contributed by atoms with Gasteiger partial charge in [-0.3, -0.25) is 0 Å². The third kappa shape index (κ3) is 1.95. The van der Waals surface area contributed by atoms with Gasteiger partial charge >= 0.3 is 5.97 Å². The summed E-state index contributed by atoms with van der Waals surface area (Å²) in [6.07, 6.45) is 0. The van der Waals surface area contributed by atoms with Gasteiger partial charge < -0.3 is 4.74 Å². The number of nitrogens with zero attached hydrogens (tertiary/aromatic N) is 1. The first-order valence-electron chi connectivity index (χ1n) is 4.57. The molecule has 0 saturated heterocycles. The average molecular weight is 268 g/mol. The second-order valence-electron chi connectivity index (χ2n) is 3.87. The third-order valence-corrected chi connectivity index (χ3v) is 2.69. The number of carbonyl (C=O) groups excluding carboxylic acids is 1. The third-order valence-electron chi connectivity index (χ3n) is 2.16. The summed E-state index contributed by atoms with van der Waals surface area (Å²) in [5, 5.41) is 0. The van der Waals surface area contributed by atoms with Crippen molar-refractivity contribution < 1.29 is 9.53 Å². The van der Waals surface area contributed by atoms with E-state index in [0.717, 1.165) is 10.0 Å². The molecule has 3 nitrogen and oxygen atoms in total. The quantitative estimate of drug-likeness (QED) is 0.734. The predicted molar refractivity (Wildman–Crippen MR) is 60.9 cm³/mol. The van der Waals surface area contributed by atoms with Crippen LogP contribution in [0.15, 0.2) is 33.7 Å². The maximum atomic E-state index is 11.4. The van der Waals surface area contributed by atoms with Crippen LogP contribution in [-0.2, 0) is 9.53 Å². The van der Waals surface area contributed by atoms with Crippen LogP contribution >= 0.6 is 15.9 Å². The zero-order valence-corrected chi connectivity index (χ0v) is 10.0. The van der Waals surface area contributed by atoms with Crippen molar-refractivity contribution in [1.29, 1.82) is 0 Å². The summed E-state index contributed by atoms with van der Waals surface area (Å²) in [6.45, 7) is 3.47. The number of ether oxygens (including phenoxy) is 1. The van der Waals surface area contributed by atoms with Crippen LogP contribution in [-0.4, -0.2) is 17.4 Å². The van der Waals surface area contributed by atoms with Crippen molar-refractivity contribution in [1.82, 2.24) is 0 Å². The van der Waals surface area contributed by atoms with E-state index in [2.05, 4.69) is 20.9 Å². The van der Waals surface area contributed by atoms with Crippen LogP contribution in [0.4, 0.5) is 0 Å². The summed E-state index contributed by atoms with van der Waals surface area (Å²) in [6, 6.07) is 7.49. The van der Waals surface area contributed by atoms with E-state index in [1.165, 1.54) is 0 Å². The SMILES string of the molecule is CC1(C)N=C(c2ccc(Br)cc2)OC1=O. The highest BCUT2D eigenvalue weighted by Crippen LogP contribution is 2.22. The lowest BCUT2D eigenvalue weighted by atomic mass is 10.1. The lowest BCUT2D eigenvalue weighted by Crippen LogP contribution is -2.25. The van der Waals surface area contributed by atoms with Gasteiger partial charge in [0.2, 0.25) is 5.90 Å². The Kier molecular flexibility index (Phi) is 2.38. The Morgan fingerprint density at radius 1 is 1.27 bits per heavy atom. The highest BCUT2D eigenvalue weighted by Gasteiger charge is 2.37. The number of esters is 1. The van der Waals surface area contributed by atoms with Gasteiger partial charge in [-0.05, 0) is 38.1 Å². The van der Waals surface area contributed by atoms with Crippen molar-refractivity contribution in [2.75, 3.05) is 0 Å². The zero-order valence-electron chi connectivity index (χ0n) is 8.45. The van der Waals surface area contributed by atoms with E-state index in [1.54, 1.807) is 13.8 Å². The molecule has 1 aliphatic rings. The molecule has 0 bridgehead atoms. The van der Waals surface area contributed by atoms with Gasteiger partial charge in [0.1, 0.15) is 0 Å². The Morgan fingerprint density at radius 2 is 1.87 bits per heavy atom. The Bertz CT molecular complexity index is 434. The summed E-state index contributed by atoms with van der Waals surface area (Å²) in [5.74, 6) is 0.0953. The highest BCUT2D eigenvalue weighted by molar-refractivity contribution is 9.10. The largest absolute Gasteiger partial charge is 0.405 e. The zero-order chi connectivity index (χ0) is 11.1. The van der Waals surface area contributed by atoms with Crippen LogP contribution in [0.3, 0.4) is 0 Å². The fourth-order valence-electron chi connectivity index (χ4n) is 1.25. The summed E-state index contributed by atoms with van der Waals surface area (Å²) < 4.78 is 6.08. The number of carbonyl (C=O) groups is 1. The van der Waals surface area contributed by atoms with E-state index in [0.29, 0.717) is 5.90 Å². The van der Waals surface area contributed by atoms with Crippen LogP contribution in [0.2, 0.25) is 0 Å². The Labute approximate surface area is 96.3 Å². The Morgan fingerprint density at radius 3 is 2.33 bits per heavy atom. The molecule has 0 N–H and O–H groups in total. The first-order chi connectivity index (χ1) is 6.99. The maximum absolute atomic E-state index is 11.4. The molecule has 0 unspecified atom stereocenters. The van der Waals surface area contributed by atoms with Gasteiger partial charge in [0.05, 0.1) is 0 Å². The van der Waals surface area contributed by atoms with Gasteiger partial charge in [-0.1, -0.05) is 15.9 Å². The van der Waals surface area contributed by atoms with Gasteiger partial charge in [0.25, 0.3) is 0 Å². The molecule has 0 amide bonds. The number of rotatable bonds is 1. The second-order valence-corrected chi connectivity index (χ2v) is 4.79. The molecule has 1 aromatic carbocycles. The molecule has 78 valence electrons. The summed E-state index contributed by atoms with van der Waals surface area (Å²) >= 11 is 3.34. The highest BCUT2D eigenvalue weighted by atomic mass is 79.9. The predicted octanol–water partition coefficient (Wildman–Crippen LogP) is 2.53. The van der Waals surface area contributed by atoms with Gasteiger partial charge in [-0.15, -0.1) is 0 Å². The summed E-state index contributed by atoms with van der Waals surface area (Å²) in [4.78, 5) is 15.6. The molecule has 0 radical (unpaired) electrons. The van der Waals surface area contributed by atoms with Crippen molar-refractivity contribution in [3.05, 3.63) is 34.3 Å². The fourth-order valence-corrected chi connectivity index (χ4v) is 1.52. The molecule has 0 fully saturated rings. The smallest absolute Gasteiger partial charge is 0.340 e.